The van der Waals surface area contributed by atoms with Crippen molar-refractivity contribution in [1.82, 2.24) is 15.1 Å². The Morgan fingerprint density at radius 3 is 2.69 bits per heavy atom. The molecule has 4 heterocycles. The van der Waals surface area contributed by atoms with E-state index in [-0.39, 0.29) is 19.8 Å². The lowest BCUT2D eigenvalue weighted by Crippen LogP contribution is -2.56. The Morgan fingerprint density at radius 2 is 1.97 bits per heavy atom. The van der Waals surface area contributed by atoms with Gasteiger partial charge in [0.05, 0.1) is 13.2 Å². The third kappa shape index (κ3) is 3.90. The van der Waals surface area contributed by atoms with Gasteiger partial charge in [-0.1, -0.05) is 29.5 Å². The van der Waals surface area contributed by atoms with Crippen LogP contribution in [0.1, 0.15) is 43.6 Å². The molecule has 0 radical (unpaired) electrons. The molecule has 1 aromatic heterocycles. The molecule has 3 aliphatic heterocycles. The largest absolute Gasteiger partial charge is 0.490 e. The SMILES string of the molecule is FC1(COc2ccccc2C2CCN([C@@H]3CCC4(C3)CN(c3nncs3)C4)CC2)COC1. The summed E-state index contributed by atoms with van der Waals surface area (Å²) in [5, 5.41) is 9.28. The fourth-order valence-corrected chi connectivity index (χ4v) is 6.68. The molecule has 6 nitrogen and oxygen atoms in total. The van der Waals surface area contributed by atoms with Gasteiger partial charge in [-0.2, -0.15) is 0 Å². The first-order valence-electron chi connectivity index (χ1n) is 11.9. The summed E-state index contributed by atoms with van der Waals surface area (Å²) in [5.74, 6) is 1.34. The molecule has 6 rings (SSSR count). The van der Waals surface area contributed by atoms with Gasteiger partial charge in [-0.3, -0.25) is 0 Å². The van der Waals surface area contributed by atoms with Crippen LogP contribution in [-0.2, 0) is 4.74 Å². The molecule has 2 aromatic rings. The van der Waals surface area contributed by atoms with E-state index >= 15 is 0 Å². The van der Waals surface area contributed by atoms with Crippen LogP contribution in [0.5, 0.6) is 5.75 Å². The van der Waals surface area contributed by atoms with Crippen molar-refractivity contribution in [3.8, 4) is 5.75 Å². The molecule has 1 atom stereocenters. The van der Waals surface area contributed by atoms with Gasteiger partial charge >= 0.3 is 0 Å². The van der Waals surface area contributed by atoms with Crippen molar-refractivity contribution < 1.29 is 13.9 Å². The number of rotatable bonds is 6. The molecule has 1 saturated carbocycles. The number of para-hydroxylation sites is 1. The summed E-state index contributed by atoms with van der Waals surface area (Å²) in [7, 11) is 0. The van der Waals surface area contributed by atoms with Gasteiger partial charge in [0.25, 0.3) is 0 Å². The van der Waals surface area contributed by atoms with Crippen LogP contribution in [-0.4, -0.2) is 72.8 Å². The van der Waals surface area contributed by atoms with Gasteiger partial charge in [-0.25, -0.2) is 4.39 Å². The second-order valence-corrected chi connectivity index (χ2v) is 11.1. The maximum absolute atomic E-state index is 14.3. The van der Waals surface area contributed by atoms with Gasteiger partial charge in [-0.15, -0.1) is 10.2 Å². The van der Waals surface area contributed by atoms with Crippen molar-refractivity contribution in [2.24, 2.45) is 5.41 Å². The Labute approximate surface area is 192 Å². The summed E-state index contributed by atoms with van der Waals surface area (Å²) in [6.45, 7) is 4.94. The van der Waals surface area contributed by atoms with E-state index in [0.29, 0.717) is 17.4 Å². The number of hydrogen-bond acceptors (Lipinski definition) is 7. The maximum atomic E-state index is 14.3. The lowest BCUT2D eigenvalue weighted by molar-refractivity contribution is -0.146. The lowest BCUT2D eigenvalue weighted by atomic mass is 9.78. The molecule has 0 N–H and O–H groups in total. The van der Waals surface area contributed by atoms with Gasteiger partial charge in [0, 0.05) is 24.5 Å². The highest BCUT2D eigenvalue weighted by Gasteiger charge is 2.50. The molecular weight excluding hydrogens is 427 g/mol. The van der Waals surface area contributed by atoms with E-state index in [0.717, 1.165) is 49.9 Å². The van der Waals surface area contributed by atoms with E-state index in [4.69, 9.17) is 9.47 Å². The Hall–Kier alpha value is -1.77. The summed E-state index contributed by atoms with van der Waals surface area (Å²) in [6, 6.07) is 8.93. The third-order valence-corrected chi connectivity index (χ3v) is 8.71. The van der Waals surface area contributed by atoms with Crippen molar-refractivity contribution in [2.45, 2.75) is 49.7 Å². The van der Waals surface area contributed by atoms with E-state index in [9.17, 15) is 4.39 Å². The molecule has 32 heavy (non-hydrogen) atoms. The van der Waals surface area contributed by atoms with E-state index in [2.05, 4.69) is 32.1 Å². The maximum Gasteiger partial charge on any atom is 0.208 e. The van der Waals surface area contributed by atoms with Crippen molar-refractivity contribution in [3.05, 3.63) is 35.3 Å². The highest BCUT2D eigenvalue weighted by Crippen LogP contribution is 2.49. The van der Waals surface area contributed by atoms with Crippen molar-refractivity contribution in [3.63, 3.8) is 0 Å². The van der Waals surface area contributed by atoms with Crippen LogP contribution in [0.3, 0.4) is 0 Å². The predicted octanol–water partition coefficient (Wildman–Crippen LogP) is 3.89. The molecule has 0 bridgehead atoms. The van der Waals surface area contributed by atoms with E-state index in [1.807, 2.05) is 17.6 Å². The molecule has 8 heteroatoms. The van der Waals surface area contributed by atoms with Crippen molar-refractivity contribution in [2.75, 3.05) is 50.9 Å². The minimum absolute atomic E-state index is 0.0844. The number of likely N-dealkylation sites (tertiary alicyclic amines) is 1. The Balaban J connectivity index is 1.02. The first-order valence-corrected chi connectivity index (χ1v) is 12.7. The lowest BCUT2D eigenvalue weighted by Gasteiger charge is -2.48. The minimum Gasteiger partial charge on any atom is -0.490 e. The average Bonchev–Trinajstić information content (AvgIpc) is 3.46. The van der Waals surface area contributed by atoms with E-state index in [1.165, 1.54) is 24.8 Å². The number of piperidine rings is 1. The number of ether oxygens (including phenoxy) is 2. The second-order valence-electron chi connectivity index (χ2n) is 10.3. The number of nitrogens with zero attached hydrogens (tertiary/aromatic N) is 4. The summed E-state index contributed by atoms with van der Waals surface area (Å²) < 4.78 is 25.3. The smallest absolute Gasteiger partial charge is 0.208 e. The van der Waals surface area contributed by atoms with Crippen LogP contribution in [0.15, 0.2) is 29.8 Å². The molecule has 0 amide bonds. The molecule has 172 valence electrons. The zero-order valence-corrected chi connectivity index (χ0v) is 19.2. The quantitative estimate of drug-likeness (QED) is 0.655. The standard InChI is InChI=1S/C24H31FN4O2S/c25-24(14-30-15-24)16-31-21-4-2-1-3-20(21)18-6-9-28(10-7-18)19-5-8-23(11-19)12-29(13-23)22-27-26-17-32-22/h1-4,17-19H,5-16H2/t19-/m1/s1. The summed E-state index contributed by atoms with van der Waals surface area (Å²) in [6.07, 6.45) is 6.25. The molecule has 1 aliphatic carbocycles. The highest BCUT2D eigenvalue weighted by molar-refractivity contribution is 7.13. The van der Waals surface area contributed by atoms with Gasteiger partial charge in [0.1, 0.15) is 17.9 Å². The number of anilines is 1. The van der Waals surface area contributed by atoms with Crippen LogP contribution in [0.4, 0.5) is 9.52 Å². The summed E-state index contributed by atoms with van der Waals surface area (Å²) in [4.78, 5) is 5.12. The number of aromatic nitrogens is 2. The zero-order chi connectivity index (χ0) is 21.6. The average molecular weight is 459 g/mol. The van der Waals surface area contributed by atoms with Gasteiger partial charge in [0.2, 0.25) is 5.13 Å². The molecule has 4 aliphatic rings. The number of hydrogen-bond donors (Lipinski definition) is 0. The molecule has 0 unspecified atom stereocenters. The van der Waals surface area contributed by atoms with E-state index in [1.54, 1.807) is 11.3 Å². The molecule has 1 spiro atoms. The first-order chi connectivity index (χ1) is 15.6. The highest BCUT2D eigenvalue weighted by atomic mass is 32.1. The normalized spacial score (nSPS) is 27.3. The van der Waals surface area contributed by atoms with Gasteiger partial charge < -0.3 is 19.3 Å². The van der Waals surface area contributed by atoms with E-state index < -0.39 is 5.67 Å². The van der Waals surface area contributed by atoms with Gasteiger partial charge in [0.15, 0.2) is 5.67 Å². The fraction of sp³-hybridized carbons (Fsp3) is 0.667. The van der Waals surface area contributed by atoms with Crippen LogP contribution in [0, 0.1) is 5.41 Å². The fourth-order valence-electron chi connectivity index (χ4n) is 6.12. The Morgan fingerprint density at radius 1 is 1.16 bits per heavy atom. The van der Waals surface area contributed by atoms with Crippen LogP contribution in [0.2, 0.25) is 0 Å². The number of halogens is 1. The molecule has 4 fully saturated rings. The Kier molecular flexibility index (Phi) is 5.35. The summed E-state index contributed by atoms with van der Waals surface area (Å²) in [5.41, 5.74) is 2.23. The van der Waals surface area contributed by atoms with Crippen LogP contribution < -0.4 is 9.64 Å². The molecule has 3 saturated heterocycles. The topological polar surface area (TPSA) is 50.7 Å². The molecular formula is C24H31FN4O2S. The second kappa shape index (κ2) is 8.22. The first kappa shape index (κ1) is 20.8. The van der Waals surface area contributed by atoms with Crippen molar-refractivity contribution >= 4 is 16.5 Å². The van der Waals surface area contributed by atoms with Crippen LogP contribution >= 0.6 is 11.3 Å². The Bertz CT molecular complexity index is 924. The zero-order valence-electron chi connectivity index (χ0n) is 18.4. The van der Waals surface area contributed by atoms with Gasteiger partial charge in [-0.05, 0) is 62.7 Å². The number of alkyl halides is 1. The van der Waals surface area contributed by atoms with Crippen molar-refractivity contribution in [1.29, 1.82) is 0 Å². The minimum atomic E-state index is -1.32. The monoisotopic (exact) mass is 458 g/mol. The molecule has 1 aromatic carbocycles. The third-order valence-electron chi connectivity index (χ3n) is 7.96. The predicted molar refractivity (Wildman–Crippen MR) is 122 cm³/mol. The summed E-state index contributed by atoms with van der Waals surface area (Å²) >= 11 is 1.64. The van der Waals surface area contributed by atoms with Crippen LogP contribution in [0.25, 0.3) is 0 Å². The number of benzene rings is 1.